The number of hydrogen-bond acceptors (Lipinski definition) is 2. The number of aryl methyl sites for hydroxylation is 1. The smallest absolute Gasteiger partial charge is 0.135 e. The molecule has 3 aromatic rings. The Morgan fingerprint density at radius 3 is 2.90 bits per heavy atom. The maximum absolute atomic E-state index is 6.09. The van der Waals surface area contributed by atoms with E-state index >= 15 is 0 Å². The van der Waals surface area contributed by atoms with E-state index in [9.17, 15) is 0 Å². The summed E-state index contributed by atoms with van der Waals surface area (Å²) < 4.78 is 12.1. The molecule has 21 heavy (non-hydrogen) atoms. The van der Waals surface area contributed by atoms with Gasteiger partial charge in [0.1, 0.15) is 22.9 Å². The first-order chi connectivity index (χ1) is 10.3. The van der Waals surface area contributed by atoms with Gasteiger partial charge in [0.25, 0.3) is 0 Å². The Balaban J connectivity index is 1.75. The third-order valence-electron chi connectivity index (χ3n) is 4.58. The van der Waals surface area contributed by atoms with E-state index in [0.717, 1.165) is 29.3 Å². The second-order valence-electron chi connectivity index (χ2n) is 5.83. The Morgan fingerprint density at radius 2 is 1.95 bits per heavy atom. The van der Waals surface area contributed by atoms with Crippen molar-refractivity contribution in [2.45, 2.75) is 19.3 Å². The van der Waals surface area contributed by atoms with Crippen molar-refractivity contribution in [3.05, 3.63) is 70.7 Å². The van der Waals surface area contributed by atoms with Crippen LogP contribution in [-0.2, 0) is 6.42 Å². The number of rotatable bonds is 0. The summed E-state index contributed by atoms with van der Waals surface area (Å²) in [5.41, 5.74) is 4.70. The number of hydrogen-bond donors (Lipinski definition) is 0. The van der Waals surface area contributed by atoms with Gasteiger partial charge in [0.05, 0.1) is 5.92 Å². The summed E-state index contributed by atoms with van der Waals surface area (Å²) in [7, 11) is 0. The quantitative estimate of drug-likeness (QED) is 0.586. The topological polar surface area (TPSA) is 22.4 Å². The molecular weight excluding hydrogens is 260 g/mol. The molecule has 1 unspecified atom stereocenters. The number of allylic oxidation sites excluding steroid dienone is 1. The SMILES string of the molecule is Cc1cccc2oc3c(c12)C=C1Oc2ccccc2C1C3. The molecule has 1 atom stereocenters. The lowest BCUT2D eigenvalue weighted by Crippen LogP contribution is -2.07. The van der Waals surface area contributed by atoms with Gasteiger partial charge < -0.3 is 9.15 Å². The molecule has 2 nitrogen and oxygen atoms in total. The van der Waals surface area contributed by atoms with Gasteiger partial charge >= 0.3 is 0 Å². The summed E-state index contributed by atoms with van der Waals surface area (Å²) in [6, 6.07) is 14.5. The predicted molar refractivity (Wildman–Crippen MR) is 82.4 cm³/mol. The van der Waals surface area contributed by atoms with E-state index < -0.39 is 0 Å². The van der Waals surface area contributed by atoms with E-state index in [4.69, 9.17) is 9.15 Å². The van der Waals surface area contributed by atoms with Gasteiger partial charge in [-0.1, -0.05) is 30.3 Å². The summed E-state index contributed by atoms with van der Waals surface area (Å²) in [5.74, 6) is 3.41. The molecule has 0 spiro atoms. The van der Waals surface area contributed by atoms with Crippen LogP contribution in [0.4, 0.5) is 0 Å². The Morgan fingerprint density at radius 1 is 1.05 bits per heavy atom. The second kappa shape index (κ2) is 3.79. The number of para-hydroxylation sites is 1. The predicted octanol–water partition coefficient (Wildman–Crippen LogP) is 4.81. The zero-order chi connectivity index (χ0) is 14.0. The largest absolute Gasteiger partial charge is 0.461 e. The van der Waals surface area contributed by atoms with Crippen molar-refractivity contribution in [1.29, 1.82) is 0 Å². The van der Waals surface area contributed by atoms with Gasteiger partial charge in [0, 0.05) is 22.9 Å². The number of benzene rings is 2. The second-order valence-corrected chi connectivity index (χ2v) is 5.83. The molecule has 1 aliphatic carbocycles. The molecule has 1 aliphatic heterocycles. The maximum atomic E-state index is 6.09. The highest BCUT2D eigenvalue weighted by Crippen LogP contribution is 2.48. The van der Waals surface area contributed by atoms with Crippen LogP contribution in [0.25, 0.3) is 17.0 Å². The van der Waals surface area contributed by atoms with Crippen LogP contribution in [0.15, 0.2) is 52.6 Å². The van der Waals surface area contributed by atoms with Crippen molar-refractivity contribution in [3.63, 3.8) is 0 Å². The molecule has 0 saturated heterocycles. The first kappa shape index (κ1) is 11.2. The highest BCUT2D eigenvalue weighted by Gasteiger charge is 2.35. The zero-order valence-corrected chi connectivity index (χ0v) is 11.7. The average Bonchev–Trinajstić information content (AvgIpc) is 3.03. The Labute approximate surface area is 122 Å². The molecule has 0 radical (unpaired) electrons. The molecule has 1 aromatic heterocycles. The Bertz CT molecular complexity index is 914. The standard InChI is InChI=1S/C19H14O2/c1-11-5-4-8-16-19(11)14-10-17-13(9-18(14)21-16)12-6-2-3-7-15(12)20-17/h2-8,10,13H,9H2,1H3. The normalized spacial score (nSPS) is 18.7. The van der Waals surface area contributed by atoms with Crippen molar-refractivity contribution in [3.8, 4) is 5.75 Å². The number of furan rings is 1. The van der Waals surface area contributed by atoms with Gasteiger partial charge in [-0.3, -0.25) is 0 Å². The van der Waals surface area contributed by atoms with Crippen molar-refractivity contribution in [2.24, 2.45) is 0 Å². The van der Waals surface area contributed by atoms with Gasteiger partial charge in [0.15, 0.2) is 0 Å². The van der Waals surface area contributed by atoms with Crippen LogP contribution in [0.1, 0.15) is 28.4 Å². The fourth-order valence-electron chi connectivity index (χ4n) is 3.58. The molecule has 2 aliphatic rings. The molecule has 2 heteroatoms. The van der Waals surface area contributed by atoms with Crippen LogP contribution < -0.4 is 4.74 Å². The van der Waals surface area contributed by atoms with E-state index in [1.807, 2.05) is 24.3 Å². The summed E-state index contributed by atoms with van der Waals surface area (Å²) in [6.07, 6.45) is 3.05. The fraction of sp³-hybridized carbons (Fsp3) is 0.158. The van der Waals surface area contributed by atoms with Crippen LogP contribution in [0.3, 0.4) is 0 Å². The van der Waals surface area contributed by atoms with E-state index in [0.29, 0.717) is 5.92 Å². The van der Waals surface area contributed by atoms with E-state index in [1.165, 1.54) is 22.1 Å². The Hall–Kier alpha value is -2.48. The van der Waals surface area contributed by atoms with Gasteiger partial charge in [0.2, 0.25) is 0 Å². The molecule has 0 saturated carbocycles. The third kappa shape index (κ3) is 1.42. The van der Waals surface area contributed by atoms with Gasteiger partial charge in [-0.15, -0.1) is 0 Å². The lowest BCUT2D eigenvalue weighted by molar-refractivity contribution is 0.418. The minimum absolute atomic E-state index is 0.301. The van der Waals surface area contributed by atoms with E-state index in [1.54, 1.807) is 0 Å². The lowest BCUT2D eigenvalue weighted by Gasteiger charge is -2.15. The zero-order valence-electron chi connectivity index (χ0n) is 11.7. The fourth-order valence-corrected chi connectivity index (χ4v) is 3.58. The molecule has 0 fully saturated rings. The van der Waals surface area contributed by atoms with Gasteiger partial charge in [-0.25, -0.2) is 0 Å². The molecule has 0 N–H and O–H groups in total. The van der Waals surface area contributed by atoms with Crippen LogP contribution >= 0.6 is 0 Å². The van der Waals surface area contributed by atoms with Crippen molar-refractivity contribution < 1.29 is 9.15 Å². The van der Waals surface area contributed by atoms with E-state index in [-0.39, 0.29) is 0 Å². The molecule has 2 aromatic carbocycles. The van der Waals surface area contributed by atoms with Crippen molar-refractivity contribution >= 4 is 17.0 Å². The number of ether oxygens (including phenoxy) is 1. The third-order valence-corrected chi connectivity index (χ3v) is 4.58. The summed E-state index contributed by atoms with van der Waals surface area (Å²) in [5, 5.41) is 1.22. The highest BCUT2D eigenvalue weighted by atomic mass is 16.5. The Kier molecular flexibility index (Phi) is 2.02. The minimum atomic E-state index is 0.301. The summed E-state index contributed by atoms with van der Waals surface area (Å²) in [6.45, 7) is 2.13. The summed E-state index contributed by atoms with van der Waals surface area (Å²) in [4.78, 5) is 0. The molecule has 5 rings (SSSR count). The lowest BCUT2D eigenvalue weighted by atomic mass is 9.87. The molecular formula is C19H14O2. The van der Waals surface area contributed by atoms with Crippen molar-refractivity contribution in [1.82, 2.24) is 0 Å². The van der Waals surface area contributed by atoms with Gasteiger partial charge in [-0.2, -0.15) is 0 Å². The minimum Gasteiger partial charge on any atom is -0.461 e. The highest BCUT2D eigenvalue weighted by molar-refractivity contribution is 5.92. The molecule has 102 valence electrons. The maximum Gasteiger partial charge on any atom is 0.135 e. The first-order valence-corrected chi connectivity index (χ1v) is 7.30. The van der Waals surface area contributed by atoms with Crippen molar-refractivity contribution in [2.75, 3.05) is 0 Å². The van der Waals surface area contributed by atoms with Crippen LogP contribution in [0.5, 0.6) is 5.75 Å². The average molecular weight is 274 g/mol. The monoisotopic (exact) mass is 274 g/mol. The van der Waals surface area contributed by atoms with Crippen LogP contribution in [0.2, 0.25) is 0 Å². The molecule has 0 bridgehead atoms. The van der Waals surface area contributed by atoms with Gasteiger partial charge in [-0.05, 0) is 30.7 Å². The first-order valence-electron chi connectivity index (χ1n) is 7.30. The molecule has 0 amide bonds. The van der Waals surface area contributed by atoms with E-state index in [2.05, 4.69) is 31.2 Å². The molecule has 2 heterocycles. The summed E-state index contributed by atoms with van der Waals surface area (Å²) >= 11 is 0. The van der Waals surface area contributed by atoms with Crippen LogP contribution in [0, 0.1) is 6.92 Å². The number of fused-ring (bicyclic) bond motifs is 6. The van der Waals surface area contributed by atoms with Crippen LogP contribution in [-0.4, -0.2) is 0 Å².